The lowest BCUT2D eigenvalue weighted by atomic mass is 10.2. The topological polar surface area (TPSA) is 79.3 Å². The van der Waals surface area contributed by atoms with Crippen LogP contribution in [-0.2, 0) is 16.6 Å². The minimum Gasteiger partial charge on any atom is -0.396 e. The van der Waals surface area contributed by atoms with E-state index < -0.39 is 10.0 Å². The summed E-state index contributed by atoms with van der Waals surface area (Å²) in [5.74, 6) is 0.0533. The summed E-state index contributed by atoms with van der Waals surface area (Å²) in [5, 5.41) is 8.59. The second-order valence-electron chi connectivity index (χ2n) is 3.87. The number of unbranched alkanes of at least 4 members (excludes halogenated alkanes) is 1. The number of rotatable bonds is 7. The Labute approximate surface area is 102 Å². The van der Waals surface area contributed by atoms with E-state index in [1.54, 1.807) is 18.5 Å². The van der Waals surface area contributed by atoms with Crippen molar-refractivity contribution in [3.05, 3.63) is 29.6 Å². The van der Waals surface area contributed by atoms with Gasteiger partial charge in [0.25, 0.3) is 0 Å². The molecule has 1 aromatic rings. The molecule has 2 N–H and O–H groups in total. The van der Waals surface area contributed by atoms with Crippen LogP contribution in [0.1, 0.15) is 24.0 Å². The van der Waals surface area contributed by atoms with Gasteiger partial charge in [0.1, 0.15) is 0 Å². The van der Waals surface area contributed by atoms with Gasteiger partial charge in [0.05, 0.1) is 5.75 Å². The molecular formula is C11H18N2O3S. The maximum Gasteiger partial charge on any atom is 0.211 e. The first-order chi connectivity index (χ1) is 8.05. The van der Waals surface area contributed by atoms with Crippen molar-refractivity contribution in [3.63, 3.8) is 0 Å². The predicted octanol–water partition coefficient (Wildman–Crippen LogP) is 0.582. The number of nitrogens with zero attached hydrogens (tertiary/aromatic N) is 1. The van der Waals surface area contributed by atoms with E-state index in [2.05, 4.69) is 9.71 Å². The summed E-state index contributed by atoms with van der Waals surface area (Å²) >= 11 is 0. The summed E-state index contributed by atoms with van der Waals surface area (Å²) in [4.78, 5) is 3.95. The lowest BCUT2D eigenvalue weighted by molar-refractivity contribution is 0.287. The highest BCUT2D eigenvalue weighted by Crippen LogP contribution is 2.05. The molecule has 5 nitrogen and oxygen atoms in total. The Balaban J connectivity index is 2.47. The number of hydrogen-bond donors (Lipinski definition) is 2. The molecule has 0 fully saturated rings. The van der Waals surface area contributed by atoms with Crippen molar-refractivity contribution >= 4 is 10.0 Å². The van der Waals surface area contributed by atoms with Gasteiger partial charge in [-0.1, -0.05) is 0 Å². The van der Waals surface area contributed by atoms with Gasteiger partial charge in [-0.3, -0.25) is 4.98 Å². The van der Waals surface area contributed by atoms with Gasteiger partial charge in [-0.25, -0.2) is 13.1 Å². The van der Waals surface area contributed by atoms with Crippen molar-refractivity contribution in [2.45, 2.75) is 26.3 Å². The third-order valence-electron chi connectivity index (χ3n) is 2.44. The zero-order chi connectivity index (χ0) is 12.7. The van der Waals surface area contributed by atoms with Gasteiger partial charge in [0.15, 0.2) is 0 Å². The third-order valence-corrected chi connectivity index (χ3v) is 3.85. The van der Waals surface area contributed by atoms with Crippen molar-refractivity contribution in [3.8, 4) is 0 Å². The fourth-order valence-electron chi connectivity index (χ4n) is 1.36. The van der Waals surface area contributed by atoms with Gasteiger partial charge in [-0.05, 0) is 37.0 Å². The molecule has 0 spiro atoms. The minimum absolute atomic E-state index is 0.0268. The van der Waals surface area contributed by atoms with Crippen molar-refractivity contribution in [1.29, 1.82) is 0 Å². The van der Waals surface area contributed by atoms with E-state index in [-0.39, 0.29) is 18.9 Å². The van der Waals surface area contributed by atoms with Crippen LogP contribution in [0.15, 0.2) is 18.5 Å². The molecule has 0 saturated heterocycles. The van der Waals surface area contributed by atoms with Crippen molar-refractivity contribution < 1.29 is 13.5 Å². The SMILES string of the molecule is Cc1cnccc1CNS(=O)(=O)CCCCO. The quantitative estimate of drug-likeness (QED) is 0.701. The second-order valence-corrected chi connectivity index (χ2v) is 5.80. The molecule has 0 unspecified atom stereocenters. The monoisotopic (exact) mass is 258 g/mol. The Bertz CT molecular complexity index is 446. The van der Waals surface area contributed by atoms with Crippen LogP contribution in [0.5, 0.6) is 0 Å². The second kappa shape index (κ2) is 6.68. The Morgan fingerprint density at radius 3 is 2.82 bits per heavy atom. The summed E-state index contributed by atoms with van der Waals surface area (Å²) in [6.45, 7) is 2.21. The fourth-order valence-corrected chi connectivity index (χ4v) is 2.47. The highest BCUT2D eigenvalue weighted by Gasteiger charge is 2.09. The van der Waals surface area contributed by atoms with E-state index in [0.29, 0.717) is 12.8 Å². The maximum atomic E-state index is 11.6. The third kappa shape index (κ3) is 5.25. The van der Waals surface area contributed by atoms with Crippen LogP contribution in [0.25, 0.3) is 0 Å². The number of pyridine rings is 1. The summed E-state index contributed by atoms with van der Waals surface area (Å²) in [6.07, 6.45) is 4.33. The number of aromatic nitrogens is 1. The predicted molar refractivity (Wildman–Crippen MR) is 65.9 cm³/mol. The first kappa shape index (κ1) is 14.1. The van der Waals surface area contributed by atoms with Gasteiger partial charge in [-0.15, -0.1) is 0 Å². The van der Waals surface area contributed by atoms with Crippen molar-refractivity contribution in [2.24, 2.45) is 0 Å². The van der Waals surface area contributed by atoms with Crippen LogP contribution in [0.3, 0.4) is 0 Å². The zero-order valence-corrected chi connectivity index (χ0v) is 10.7. The van der Waals surface area contributed by atoms with Gasteiger partial charge in [-0.2, -0.15) is 0 Å². The highest BCUT2D eigenvalue weighted by atomic mass is 32.2. The van der Waals surface area contributed by atoms with Crippen molar-refractivity contribution in [1.82, 2.24) is 9.71 Å². The van der Waals surface area contributed by atoms with E-state index in [9.17, 15) is 8.42 Å². The molecule has 0 atom stereocenters. The number of hydrogen-bond acceptors (Lipinski definition) is 4. The average Bonchev–Trinajstić information content (AvgIpc) is 2.28. The van der Waals surface area contributed by atoms with E-state index in [4.69, 9.17) is 5.11 Å². The van der Waals surface area contributed by atoms with Crippen LogP contribution in [0.4, 0.5) is 0 Å². The smallest absolute Gasteiger partial charge is 0.211 e. The van der Waals surface area contributed by atoms with Gasteiger partial charge >= 0.3 is 0 Å². The number of sulfonamides is 1. The van der Waals surface area contributed by atoms with Crippen LogP contribution in [0.2, 0.25) is 0 Å². The average molecular weight is 258 g/mol. The molecule has 6 heteroatoms. The molecule has 0 radical (unpaired) electrons. The first-order valence-corrected chi connectivity index (χ1v) is 7.18. The molecule has 0 saturated carbocycles. The molecule has 0 amide bonds. The maximum absolute atomic E-state index is 11.6. The van der Waals surface area contributed by atoms with E-state index in [1.165, 1.54) is 0 Å². The summed E-state index contributed by atoms with van der Waals surface area (Å²) in [7, 11) is -3.25. The van der Waals surface area contributed by atoms with Crippen LogP contribution in [-0.4, -0.2) is 30.9 Å². The van der Waals surface area contributed by atoms with E-state index in [1.807, 2.05) is 6.92 Å². The van der Waals surface area contributed by atoms with Gasteiger partial charge < -0.3 is 5.11 Å². The number of nitrogens with one attached hydrogen (secondary N) is 1. The fraction of sp³-hybridized carbons (Fsp3) is 0.545. The zero-order valence-electron chi connectivity index (χ0n) is 9.89. The Morgan fingerprint density at radius 1 is 1.41 bits per heavy atom. The number of aliphatic hydroxyl groups excluding tert-OH is 1. The molecule has 96 valence electrons. The number of aryl methyl sites for hydroxylation is 1. The van der Waals surface area contributed by atoms with E-state index in [0.717, 1.165) is 11.1 Å². The van der Waals surface area contributed by atoms with Crippen LogP contribution < -0.4 is 4.72 Å². The Hall–Kier alpha value is -0.980. The molecule has 0 aliphatic carbocycles. The lowest BCUT2D eigenvalue weighted by Crippen LogP contribution is -2.26. The molecule has 1 heterocycles. The largest absolute Gasteiger partial charge is 0.396 e. The van der Waals surface area contributed by atoms with Gasteiger partial charge in [0, 0.05) is 25.5 Å². The number of aliphatic hydroxyl groups is 1. The minimum atomic E-state index is -3.25. The summed E-state index contributed by atoms with van der Waals surface area (Å²) < 4.78 is 25.7. The molecule has 0 aromatic carbocycles. The normalized spacial score (nSPS) is 11.6. The summed E-state index contributed by atoms with van der Waals surface area (Å²) in [6, 6.07) is 1.80. The first-order valence-electron chi connectivity index (χ1n) is 5.53. The lowest BCUT2D eigenvalue weighted by Gasteiger charge is -2.08. The highest BCUT2D eigenvalue weighted by molar-refractivity contribution is 7.89. The molecule has 0 aliphatic rings. The molecular weight excluding hydrogens is 240 g/mol. The Morgan fingerprint density at radius 2 is 2.18 bits per heavy atom. The molecule has 0 bridgehead atoms. The van der Waals surface area contributed by atoms with Crippen LogP contribution in [0, 0.1) is 6.92 Å². The molecule has 17 heavy (non-hydrogen) atoms. The molecule has 0 aliphatic heterocycles. The van der Waals surface area contributed by atoms with Crippen LogP contribution >= 0.6 is 0 Å². The van der Waals surface area contributed by atoms with Gasteiger partial charge in [0.2, 0.25) is 10.0 Å². The van der Waals surface area contributed by atoms with Crippen molar-refractivity contribution in [2.75, 3.05) is 12.4 Å². The van der Waals surface area contributed by atoms with E-state index >= 15 is 0 Å². The standard InChI is InChI=1S/C11H18N2O3S/c1-10-8-12-5-4-11(10)9-13-17(15,16)7-3-2-6-14/h4-5,8,13-14H,2-3,6-7,9H2,1H3. The molecule has 1 aromatic heterocycles. The summed E-state index contributed by atoms with van der Waals surface area (Å²) in [5.41, 5.74) is 1.89. The Kier molecular flexibility index (Phi) is 5.54. The molecule has 1 rings (SSSR count).